The third-order valence-electron chi connectivity index (χ3n) is 3.01. The zero-order valence-electron chi connectivity index (χ0n) is 13.1. The molecule has 0 aliphatic carbocycles. The minimum absolute atomic E-state index is 0.488. The van der Waals surface area contributed by atoms with E-state index in [-0.39, 0.29) is 0 Å². The van der Waals surface area contributed by atoms with Gasteiger partial charge >= 0.3 is 0 Å². The van der Waals surface area contributed by atoms with E-state index in [1.54, 1.807) is 0 Å². The summed E-state index contributed by atoms with van der Waals surface area (Å²) < 4.78 is 0. The molecular formula is C18H29N. The fraction of sp³-hybridized carbons (Fsp3) is 0.500. The molecule has 0 aliphatic heterocycles. The van der Waals surface area contributed by atoms with E-state index >= 15 is 0 Å². The molecule has 19 heavy (non-hydrogen) atoms. The Hall–Kier alpha value is -1.37. The Labute approximate surface area is 119 Å². The Bertz CT molecular complexity index is 367. The summed E-state index contributed by atoms with van der Waals surface area (Å²) in [6.45, 7) is 16.3. The van der Waals surface area contributed by atoms with Crippen LogP contribution in [0.3, 0.4) is 0 Å². The maximum atomic E-state index is 4.51. The monoisotopic (exact) mass is 259 g/mol. The van der Waals surface area contributed by atoms with Gasteiger partial charge in [-0.1, -0.05) is 64.7 Å². The highest BCUT2D eigenvalue weighted by Crippen LogP contribution is 2.12. The summed E-state index contributed by atoms with van der Waals surface area (Å²) in [5.74, 6) is 0.488. The van der Waals surface area contributed by atoms with E-state index in [2.05, 4.69) is 64.1 Å². The molecule has 0 fully saturated rings. The van der Waals surface area contributed by atoms with Crippen LogP contribution in [0.2, 0.25) is 0 Å². The standard InChI is InChI=1S/C18H29N/c1-7-9-13-18(11-8-2)14-10-12-16(5)19-17(6)15(3)4/h8,10-11,14-15H,2,5,7,9,12-13H2,1,3-4,6H3/b14-10-,18-11-,19-17?. The molecule has 1 heteroatoms. The molecular weight excluding hydrogens is 230 g/mol. The fourth-order valence-corrected chi connectivity index (χ4v) is 1.52. The molecule has 0 bridgehead atoms. The summed E-state index contributed by atoms with van der Waals surface area (Å²) in [7, 11) is 0. The van der Waals surface area contributed by atoms with Crippen molar-refractivity contribution >= 4 is 5.71 Å². The number of hydrogen-bond acceptors (Lipinski definition) is 1. The second kappa shape index (κ2) is 10.5. The van der Waals surface area contributed by atoms with Gasteiger partial charge in [-0.2, -0.15) is 0 Å². The molecule has 0 saturated heterocycles. The van der Waals surface area contributed by atoms with Gasteiger partial charge < -0.3 is 0 Å². The van der Waals surface area contributed by atoms with Crippen LogP contribution in [0.4, 0.5) is 0 Å². The predicted molar refractivity (Wildman–Crippen MR) is 88.6 cm³/mol. The lowest BCUT2D eigenvalue weighted by atomic mass is 10.1. The van der Waals surface area contributed by atoms with Crippen molar-refractivity contribution in [3.05, 3.63) is 48.7 Å². The van der Waals surface area contributed by atoms with Crippen LogP contribution >= 0.6 is 0 Å². The molecule has 0 heterocycles. The largest absolute Gasteiger partial charge is 0.263 e. The van der Waals surface area contributed by atoms with Crippen LogP contribution in [0.5, 0.6) is 0 Å². The van der Waals surface area contributed by atoms with Crippen LogP contribution in [0, 0.1) is 5.92 Å². The van der Waals surface area contributed by atoms with E-state index in [0.717, 1.165) is 24.3 Å². The molecule has 0 amide bonds. The van der Waals surface area contributed by atoms with Gasteiger partial charge in [0.25, 0.3) is 0 Å². The Morgan fingerprint density at radius 2 is 2.00 bits per heavy atom. The third-order valence-corrected chi connectivity index (χ3v) is 3.01. The van der Waals surface area contributed by atoms with E-state index in [1.165, 1.54) is 18.4 Å². The summed E-state index contributed by atoms with van der Waals surface area (Å²) in [5.41, 5.74) is 3.40. The van der Waals surface area contributed by atoms with Crippen LogP contribution in [0.1, 0.15) is 53.4 Å². The summed E-state index contributed by atoms with van der Waals surface area (Å²) in [6, 6.07) is 0. The van der Waals surface area contributed by atoms with Crippen molar-refractivity contribution in [2.75, 3.05) is 0 Å². The van der Waals surface area contributed by atoms with Crippen LogP contribution in [0.15, 0.2) is 53.7 Å². The van der Waals surface area contributed by atoms with Gasteiger partial charge in [-0.05, 0) is 31.3 Å². The molecule has 106 valence electrons. The first-order chi connectivity index (χ1) is 9.01. The van der Waals surface area contributed by atoms with Gasteiger partial charge in [0.05, 0.1) is 0 Å². The molecule has 0 N–H and O–H groups in total. The van der Waals surface area contributed by atoms with Gasteiger partial charge in [0.1, 0.15) is 0 Å². The van der Waals surface area contributed by atoms with Gasteiger partial charge in [0.15, 0.2) is 0 Å². The van der Waals surface area contributed by atoms with Gasteiger partial charge in [-0.3, -0.25) is 4.99 Å². The topological polar surface area (TPSA) is 12.4 Å². The lowest BCUT2D eigenvalue weighted by molar-refractivity contribution is 0.797. The number of aliphatic imine (C=N–C) groups is 1. The Kier molecular flexibility index (Phi) is 9.78. The van der Waals surface area contributed by atoms with Gasteiger partial charge in [-0.15, -0.1) is 0 Å². The SMILES string of the molecule is C=C/C=C(\C=C/CC(=C)N=C(C)C(C)C)CCCC. The maximum Gasteiger partial charge on any atom is 0.0369 e. The molecule has 0 aromatic heterocycles. The summed E-state index contributed by atoms with van der Waals surface area (Å²) >= 11 is 0. The van der Waals surface area contributed by atoms with Crippen molar-refractivity contribution in [3.63, 3.8) is 0 Å². The van der Waals surface area contributed by atoms with Crippen molar-refractivity contribution in [1.29, 1.82) is 0 Å². The van der Waals surface area contributed by atoms with E-state index in [9.17, 15) is 0 Å². The second-order valence-corrected chi connectivity index (χ2v) is 5.16. The number of nitrogens with zero attached hydrogens (tertiary/aromatic N) is 1. The van der Waals surface area contributed by atoms with Crippen LogP contribution < -0.4 is 0 Å². The Morgan fingerprint density at radius 3 is 2.53 bits per heavy atom. The smallest absolute Gasteiger partial charge is 0.0369 e. The quantitative estimate of drug-likeness (QED) is 0.363. The van der Waals surface area contributed by atoms with Gasteiger partial charge in [0, 0.05) is 17.8 Å². The summed E-state index contributed by atoms with van der Waals surface area (Å²) in [6.07, 6.45) is 12.6. The highest BCUT2D eigenvalue weighted by Gasteiger charge is 1.98. The minimum atomic E-state index is 0.488. The van der Waals surface area contributed by atoms with E-state index in [0.29, 0.717) is 5.92 Å². The minimum Gasteiger partial charge on any atom is -0.263 e. The number of rotatable bonds is 9. The van der Waals surface area contributed by atoms with Crippen molar-refractivity contribution in [3.8, 4) is 0 Å². The Morgan fingerprint density at radius 1 is 1.32 bits per heavy atom. The number of allylic oxidation sites excluding steroid dienone is 5. The lowest BCUT2D eigenvalue weighted by Crippen LogP contribution is -2.01. The van der Waals surface area contributed by atoms with Crippen LogP contribution in [0.25, 0.3) is 0 Å². The average Bonchev–Trinajstić information content (AvgIpc) is 2.35. The zero-order valence-corrected chi connectivity index (χ0v) is 13.1. The molecule has 1 nitrogen and oxygen atoms in total. The highest BCUT2D eigenvalue weighted by molar-refractivity contribution is 5.84. The van der Waals surface area contributed by atoms with Crippen molar-refractivity contribution in [2.45, 2.75) is 53.4 Å². The number of hydrogen-bond donors (Lipinski definition) is 0. The fourth-order valence-electron chi connectivity index (χ4n) is 1.52. The van der Waals surface area contributed by atoms with E-state index < -0.39 is 0 Å². The first-order valence-electron chi connectivity index (χ1n) is 7.22. The molecule has 0 saturated carbocycles. The van der Waals surface area contributed by atoms with Gasteiger partial charge in [-0.25, -0.2) is 0 Å². The van der Waals surface area contributed by atoms with E-state index in [4.69, 9.17) is 0 Å². The molecule has 0 radical (unpaired) electrons. The van der Waals surface area contributed by atoms with Crippen molar-refractivity contribution < 1.29 is 0 Å². The molecule has 0 aliphatic rings. The maximum absolute atomic E-state index is 4.51. The molecule has 0 unspecified atom stereocenters. The zero-order chi connectivity index (χ0) is 14.7. The van der Waals surface area contributed by atoms with Crippen LogP contribution in [-0.2, 0) is 0 Å². The molecule has 0 aromatic rings. The van der Waals surface area contributed by atoms with Gasteiger partial charge in [0.2, 0.25) is 0 Å². The summed E-state index contributed by atoms with van der Waals surface area (Å²) in [5, 5.41) is 0. The molecule has 0 spiro atoms. The van der Waals surface area contributed by atoms with E-state index in [1.807, 2.05) is 6.08 Å². The first-order valence-corrected chi connectivity index (χ1v) is 7.22. The first kappa shape index (κ1) is 17.6. The Balaban J connectivity index is 4.39. The second-order valence-electron chi connectivity index (χ2n) is 5.16. The average molecular weight is 259 g/mol. The normalized spacial score (nSPS) is 13.3. The predicted octanol–water partition coefficient (Wildman–Crippen LogP) is 5.87. The summed E-state index contributed by atoms with van der Waals surface area (Å²) in [4.78, 5) is 4.51. The highest BCUT2D eigenvalue weighted by atomic mass is 14.7. The lowest BCUT2D eigenvalue weighted by Gasteiger charge is -2.04. The van der Waals surface area contributed by atoms with Crippen molar-refractivity contribution in [2.24, 2.45) is 10.9 Å². The molecule has 0 atom stereocenters. The number of unbranched alkanes of at least 4 members (excludes halogenated alkanes) is 1. The van der Waals surface area contributed by atoms with Crippen LogP contribution in [-0.4, -0.2) is 5.71 Å². The van der Waals surface area contributed by atoms with Crippen molar-refractivity contribution in [1.82, 2.24) is 0 Å². The molecule has 0 rings (SSSR count). The third kappa shape index (κ3) is 9.24. The molecule has 0 aromatic carbocycles.